The van der Waals surface area contributed by atoms with Crippen molar-refractivity contribution < 1.29 is 61.1 Å². The molecule has 1 fully saturated rings. The van der Waals surface area contributed by atoms with Crippen molar-refractivity contribution in [1.82, 2.24) is 20.2 Å². The molecular formula is C32H47N6O14P. The van der Waals surface area contributed by atoms with Crippen molar-refractivity contribution in [2.45, 2.75) is 70.7 Å². The first-order chi connectivity index (χ1) is 25.0. The number of phosphoric ester groups is 1. The molecule has 2 heterocycles. The predicted molar refractivity (Wildman–Crippen MR) is 187 cm³/mol. The Kier molecular flexibility index (Phi) is 18.2. The minimum atomic E-state index is -4.62. The molecule has 0 aliphatic carbocycles. The van der Waals surface area contributed by atoms with Gasteiger partial charge in [0.25, 0.3) is 0 Å². The second-order valence-corrected chi connectivity index (χ2v) is 13.3. The number of ether oxygens (including phenoxy) is 4. The normalized spacial score (nSPS) is 19.4. The molecule has 3 amide bonds. The van der Waals surface area contributed by atoms with Crippen LogP contribution < -0.4 is 27.4 Å². The molecule has 0 spiro atoms. The number of rotatable bonds is 22. The first-order valence-electron chi connectivity index (χ1n) is 16.3. The van der Waals surface area contributed by atoms with Crippen LogP contribution in [-0.4, -0.2) is 103 Å². The molecule has 1 unspecified atom stereocenters. The number of nitrogens with zero attached hydrogens (tertiary/aromatic N) is 2. The molecular weight excluding hydrogens is 723 g/mol. The molecule has 294 valence electrons. The van der Waals surface area contributed by atoms with Crippen molar-refractivity contribution in [3.05, 3.63) is 60.7 Å². The van der Waals surface area contributed by atoms with Gasteiger partial charge in [-0.1, -0.05) is 45.2 Å². The number of esters is 2. The summed E-state index contributed by atoms with van der Waals surface area (Å²) in [5.41, 5.74) is 5.11. The molecule has 0 saturated carbocycles. The quantitative estimate of drug-likeness (QED) is 0.0559. The lowest BCUT2D eigenvalue weighted by Crippen LogP contribution is -2.56. The van der Waals surface area contributed by atoms with E-state index in [4.69, 9.17) is 38.3 Å². The molecule has 5 N–H and O–H groups in total. The van der Waals surface area contributed by atoms with Gasteiger partial charge in [-0.2, -0.15) is 4.98 Å². The molecule has 0 radical (unpaired) electrons. The molecule has 0 aromatic carbocycles. The number of nitrogens with one attached hydrogen (secondary N) is 3. The van der Waals surface area contributed by atoms with E-state index in [-0.39, 0.29) is 38.0 Å². The van der Waals surface area contributed by atoms with Crippen molar-refractivity contribution in [3.8, 4) is 0 Å². The smallest absolute Gasteiger partial charge is 0.460 e. The van der Waals surface area contributed by atoms with Gasteiger partial charge in [-0.3, -0.25) is 37.8 Å². The van der Waals surface area contributed by atoms with E-state index < -0.39 is 93.1 Å². The van der Waals surface area contributed by atoms with Gasteiger partial charge in [0, 0.05) is 19.5 Å². The fourth-order valence-electron chi connectivity index (χ4n) is 4.31. The molecule has 1 aliphatic heterocycles. The van der Waals surface area contributed by atoms with E-state index in [1.807, 2.05) is 0 Å². The van der Waals surface area contributed by atoms with Crippen LogP contribution in [0.1, 0.15) is 40.3 Å². The Balaban J connectivity index is 2.25. The van der Waals surface area contributed by atoms with E-state index in [1.165, 1.54) is 37.4 Å². The summed E-state index contributed by atoms with van der Waals surface area (Å²) in [6, 6.07) is -2.46. The lowest BCUT2D eigenvalue weighted by Gasteiger charge is -2.26. The van der Waals surface area contributed by atoms with E-state index in [1.54, 1.807) is 13.8 Å². The van der Waals surface area contributed by atoms with Gasteiger partial charge in [0.15, 0.2) is 0 Å². The minimum absolute atomic E-state index is 0.0656. The summed E-state index contributed by atoms with van der Waals surface area (Å²) in [5.74, 6) is -3.59. The summed E-state index contributed by atoms with van der Waals surface area (Å²) in [4.78, 5) is 78.6. The zero-order valence-corrected chi connectivity index (χ0v) is 30.8. The van der Waals surface area contributed by atoms with Crippen LogP contribution in [0.2, 0.25) is 0 Å². The third kappa shape index (κ3) is 14.7. The second-order valence-electron chi connectivity index (χ2n) is 11.6. The molecule has 2 rings (SSSR count). The molecule has 1 aromatic rings. The van der Waals surface area contributed by atoms with Gasteiger partial charge in [0.05, 0.1) is 25.9 Å². The monoisotopic (exact) mass is 770 g/mol. The number of phosphoric acid groups is 1. The minimum Gasteiger partial charge on any atom is -0.460 e. The average Bonchev–Trinajstić information content (AvgIpc) is 3.50. The highest BCUT2D eigenvalue weighted by Gasteiger charge is 2.42. The van der Waals surface area contributed by atoms with Gasteiger partial charge in [-0.15, -0.1) is 6.58 Å². The van der Waals surface area contributed by atoms with Crippen LogP contribution in [0.3, 0.4) is 0 Å². The molecule has 1 aromatic heterocycles. The van der Waals surface area contributed by atoms with E-state index in [0.29, 0.717) is 0 Å². The summed E-state index contributed by atoms with van der Waals surface area (Å²) >= 11 is 0. The molecule has 20 nitrogen and oxygen atoms in total. The Labute approximate surface area is 306 Å². The summed E-state index contributed by atoms with van der Waals surface area (Å²) < 4.78 is 52.3. The van der Waals surface area contributed by atoms with Crippen LogP contribution in [0.25, 0.3) is 0 Å². The number of anilines is 1. The number of carbonyl (C=O) groups is 5. The van der Waals surface area contributed by atoms with Gasteiger partial charge in [-0.05, 0) is 18.9 Å². The Morgan fingerprint density at radius 2 is 1.68 bits per heavy atom. The molecule has 1 aliphatic rings. The van der Waals surface area contributed by atoms with Crippen LogP contribution in [0, 0.1) is 5.92 Å². The third-order valence-electron chi connectivity index (χ3n) is 7.06. The second kappa shape index (κ2) is 21.7. The number of amides is 3. The first-order valence-corrected chi connectivity index (χ1v) is 17.7. The number of nitrogens with two attached hydrogens (primary N) is 1. The van der Waals surface area contributed by atoms with Gasteiger partial charge >= 0.3 is 31.5 Å². The van der Waals surface area contributed by atoms with Crippen LogP contribution in [0.5, 0.6) is 0 Å². The van der Waals surface area contributed by atoms with Crippen LogP contribution in [0.4, 0.5) is 10.6 Å². The number of hydrogen-bond acceptors (Lipinski definition) is 16. The maximum Gasteiger partial charge on any atom is 0.475 e. The van der Waals surface area contributed by atoms with Crippen molar-refractivity contribution >= 4 is 43.5 Å². The SMILES string of the molecule is C=CCOC(=O)Nc1ccn([C@H]2C[C@H](OC(C)=O)[C@@H](COP(=O)(OCC=C)OC[C@H](NC(=O)[C@@H](N)C(C)C)C(=O)N[C@@H](C)C(=O)OCC=C)O2)c(=O)n1. The van der Waals surface area contributed by atoms with Crippen LogP contribution in [0.15, 0.2) is 55.0 Å². The summed E-state index contributed by atoms with van der Waals surface area (Å²) in [5, 5.41) is 7.10. The molecule has 0 bridgehead atoms. The number of carbonyl (C=O) groups excluding carboxylic acids is 5. The fraction of sp³-hybridized carbons (Fsp3) is 0.531. The van der Waals surface area contributed by atoms with E-state index in [0.717, 1.165) is 11.5 Å². The summed E-state index contributed by atoms with van der Waals surface area (Å²) in [6.45, 7) is 14.3. The molecule has 7 atom stereocenters. The van der Waals surface area contributed by atoms with Crippen LogP contribution in [-0.2, 0) is 56.3 Å². The topological polar surface area (TPSA) is 264 Å². The third-order valence-corrected chi connectivity index (χ3v) is 8.45. The zero-order valence-electron chi connectivity index (χ0n) is 29.9. The van der Waals surface area contributed by atoms with E-state index in [9.17, 15) is 33.3 Å². The fourth-order valence-corrected chi connectivity index (χ4v) is 5.49. The standard InChI is InChI=1S/C32H47N6O14P/c1-8-13-46-30(42)20(6)34-28(40)22(35-29(41)27(33)19(4)5)17-49-53(45,48-15-10-3)50-18-24-23(51-21(7)39)16-26(52-24)38-12-11-25(36-31(38)43)37-32(44)47-14-9-2/h8-12,19-20,22-24,26-27H,1-3,13-18,33H2,4-7H3,(H,34,40)(H,35,41)(H,36,37,43,44)/t20-,22-,23-,24+,26+,27-,53?/m0/s1. The van der Waals surface area contributed by atoms with Gasteiger partial charge in [0.2, 0.25) is 11.8 Å². The van der Waals surface area contributed by atoms with E-state index in [2.05, 4.69) is 40.7 Å². The first kappa shape index (κ1) is 44.4. The lowest BCUT2D eigenvalue weighted by molar-refractivity contribution is -0.150. The predicted octanol–water partition coefficient (Wildman–Crippen LogP) is 1.24. The maximum absolute atomic E-state index is 13.8. The van der Waals surface area contributed by atoms with Crippen LogP contribution >= 0.6 is 7.82 Å². The Morgan fingerprint density at radius 3 is 2.28 bits per heavy atom. The number of aromatic nitrogens is 2. The number of hydrogen-bond donors (Lipinski definition) is 4. The highest BCUT2D eigenvalue weighted by atomic mass is 31.2. The Bertz CT molecular complexity index is 1590. The van der Waals surface area contributed by atoms with Gasteiger partial charge < -0.3 is 35.3 Å². The van der Waals surface area contributed by atoms with Crippen molar-refractivity contribution in [2.75, 3.05) is 38.4 Å². The van der Waals surface area contributed by atoms with Gasteiger partial charge in [0.1, 0.15) is 49.6 Å². The highest BCUT2D eigenvalue weighted by molar-refractivity contribution is 7.48. The Hall–Kier alpha value is -4.72. The van der Waals surface area contributed by atoms with Crippen molar-refractivity contribution in [1.29, 1.82) is 0 Å². The molecule has 21 heteroatoms. The average molecular weight is 771 g/mol. The summed E-state index contributed by atoms with van der Waals surface area (Å²) in [6.07, 6.45) is 1.05. The maximum atomic E-state index is 13.8. The van der Waals surface area contributed by atoms with Crippen molar-refractivity contribution in [2.24, 2.45) is 11.7 Å². The summed E-state index contributed by atoms with van der Waals surface area (Å²) in [7, 11) is -4.62. The van der Waals surface area contributed by atoms with Crippen molar-refractivity contribution in [3.63, 3.8) is 0 Å². The Morgan fingerprint density at radius 1 is 1.02 bits per heavy atom. The largest absolute Gasteiger partial charge is 0.475 e. The highest BCUT2D eigenvalue weighted by Crippen LogP contribution is 2.50. The lowest BCUT2D eigenvalue weighted by atomic mass is 10.0. The van der Waals surface area contributed by atoms with E-state index >= 15 is 0 Å². The zero-order chi connectivity index (χ0) is 39.7. The van der Waals surface area contributed by atoms with Gasteiger partial charge in [-0.25, -0.2) is 18.9 Å². The molecule has 53 heavy (non-hydrogen) atoms. The molecule has 1 saturated heterocycles.